The Kier molecular flexibility index (Phi) is 6.20. The number of nitrogens with one attached hydrogen (secondary N) is 2. The molecule has 3 N–H and O–H groups in total. The number of carbonyl (C=O) groups excluding carboxylic acids is 2. The van der Waals surface area contributed by atoms with Gasteiger partial charge in [-0.15, -0.1) is 0 Å². The van der Waals surface area contributed by atoms with E-state index in [2.05, 4.69) is 10.6 Å². The number of hydrogen-bond donors (Lipinski definition) is 3. The topological polar surface area (TPSA) is 95.5 Å². The molecule has 0 aromatic heterocycles. The van der Waals surface area contributed by atoms with Gasteiger partial charge in [0, 0.05) is 29.6 Å². The molecule has 1 fully saturated rings. The predicted molar refractivity (Wildman–Crippen MR) is 90.9 cm³/mol. The van der Waals surface area contributed by atoms with Crippen LogP contribution in [0.3, 0.4) is 0 Å². The molecule has 2 atom stereocenters. The number of rotatable bonds is 6. The predicted octanol–water partition coefficient (Wildman–Crippen LogP) is 2.59. The second-order valence-electron chi connectivity index (χ2n) is 6.05. The monoisotopic (exact) mass is 352 g/mol. The van der Waals surface area contributed by atoms with Crippen molar-refractivity contribution < 1.29 is 19.5 Å². The molecule has 6 nitrogen and oxygen atoms in total. The SMILES string of the molecule is Cc1c(Cl)cccc1NC(=O)CCNC(=O)[C@@H]1CC[C@H](C(=O)O)C1. The van der Waals surface area contributed by atoms with Crippen molar-refractivity contribution in [3.05, 3.63) is 28.8 Å². The fourth-order valence-electron chi connectivity index (χ4n) is 2.84. The number of benzene rings is 1. The molecule has 0 radical (unpaired) electrons. The highest BCUT2D eigenvalue weighted by Gasteiger charge is 2.33. The van der Waals surface area contributed by atoms with E-state index in [1.54, 1.807) is 18.2 Å². The van der Waals surface area contributed by atoms with Crippen molar-refractivity contribution in [3.8, 4) is 0 Å². The molecule has 2 rings (SSSR count). The van der Waals surface area contributed by atoms with Gasteiger partial charge < -0.3 is 15.7 Å². The summed E-state index contributed by atoms with van der Waals surface area (Å²) in [5.74, 6) is -1.94. The fraction of sp³-hybridized carbons (Fsp3) is 0.471. The van der Waals surface area contributed by atoms with E-state index in [1.807, 2.05) is 6.92 Å². The molecule has 0 saturated heterocycles. The molecule has 130 valence electrons. The van der Waals surface area contributed by atoms with E-state index in [4.69, 9.17) is 16.7 Å². The van der Waals surface area contributed by atoms with Gasteiger partial charge in [-0.1, -0.05) is 17.7 Å². The number of anilines is 1. The maximum absolute atomic E-state index is 12.0. The molecule has 1 aliphatic carbocycles. The van der Waals surface area contributed by atoms with Crippen molar-refractivity contribution in [2.45, 2.75) is 32.6 Å². The maximum atomic E-state index is 12.0. The summed E-state index contributed by atoms with van der Waals surface area (Å²) in [6, 6.07) is 5.27. The van der Waals surface area contributed by atoms with E-state index in [0.717, 1.165) is 5.56 Å². The second-order valence-corrected chi connectivity index (χ2v) is 6.45. The summed E-state index contributed by atoms with van der Waals surface area (Å²) in [6.45, 7) is 2.04. The van der Waals surface area contributed by atoms with Crippen molar-refractivity contribution in [1.29, 1.82) is 0 Å². The lowest BCUT2D eigenvalue weighted by Gasteiger charge is -2.12. The van der Waals surface area contributed by atoms with Gasteiger partial charge in [-0.2, -0.15) is 0 Å². The van der Waals surface area contributed by atoms with Crippen LogP contribution in [0.1, 0.15) is 31.2 Å². The number of carboxylic acid groups (broad SMARTS) is 1. The van der Waals surface area contributed by atoms with Crippen LogP contribution in [0, 0.1) is 18.8 Å². The standard InChI is InChI=1S/C17H21ClN2O4/c1-10-13(18)3-2-4-14(10)20-15(21)7-8-19-16(22)11-5-6-12(9-11)17(23)24/h2-4,11-12H,5-9H2,1H3,(H,19,22)(H,20,21)(H,23,24)/t11-,12+/m1/s1. The van der Waals surface area contributed by atoms with Gasteiger partial charge >= 0.3 is 5.97 Å². The number of carboxylic acids is 1. The van der Waals surface area contributed by atoms with E-state index in [0.29, 0.717) is 30.0 Å². The molecule has 0 spiro atoms. The molecule has 0 aliphatic heterocycles. The number of hydrogen-bond acceptors (Lipinski definition) is 3. The third-order valence-electron chi connectivity index (χ3n) is 4.35. The minimum absolute atomic E-state index is 0.146. The minimum atomic E-state index is -0.846. The summed E-state index contributed by atoms with van der Waals surface area (Å²) < 4.78 is 0. The van der Waals surface area contributed by atoms with Gasteiger partial charge in [-0.05, 0) is 43.9 Å². The van der Waals surface area contributed by atoms with Crippen LogP contribution in [0.5, 0.6) is 0 Å². The fourth-order valence-corrected chi connectivity index (χ4v) is 3.02. The third-order valence-corrected chi connectivity index (χ3v) is 4.76. The lowest BCUT2D eigenvalue weighted by Crippen LogP contribution is -2.32. The van der Waals surface area contributed by atoms with Crippen molar-refractivity contribution in [3.63, 3.8) is 0 Å². The molecule has 0 unspecified atom stereocenters. The van der Waals surface area contributed by atoms with E-state index in [-0.39, 0.29) is 30.7 Å². The first kappa shape index (κ1) is 18.3. The molecule has 7 heteroatoms. The quantitative estimate of drug-likeness (QED) is 0.733. The van der Waals surface area contributed by atoms with Crippen LogP contribution in [-0.4, -0.2) is 29.4 Å². The summed E-state index contributed by atoms with van der Waals surface area (Å²) in [5.41, 5.74) is 1.45. The summed E-state index contributed by atoms with van der Waals surface area (Å²) in [6.07, 6.45) is 1.63. The Balaban J connectivity index is 1.74. The maximum Gasteiger partial charge on any atom is 0.306 e. The van der Waals surface area contributed by atoms with Crippen LogP contribution in [-0.2, 0) is 14.4 Å². The third kappa shape index (κ3) is 4.71. The number of amides is 2. The van der Waals surface area contributed by atoms with E-state index >= 15 is 0 Å². The molecule has 1 saturated carbocycles. The van der Waals surface area contributed by atoms with Crippen LogP contribution < -0.4 is 10.6 Å². The number of halogens is 1. The molecule has 0 bridgehead atoms. The largest absolute Gasteiger partial charge is 0.481 e. The van der Waals surface area contributed by atoms with Crippen LogP contribution in [0.15, 0.2) is 18.2 Å². The van der Waals surface area contributed by atoms with Crippen LogP contribution in [0.4, 0.5) is 5.69 Å². The van der Waals surface area contributed by atoms with Gasteiger partial charge in [0.25, 0.3) is 0 Å². The van der Waals surface area contributed by atoms with Gasteiger partial charge in [0.15, 0.2) is 0 Å². The molecule has 1 aromatic rings. The molecular weight excluding hydrogens is 332 g/mol. The Morgan fingerprint density at radius 3 is 2.62 bits per heavy atom. The summed E-state index contributed by atoms with van der Waals surface area (Å²) in [7, 11) is 0. The molecule has 2 amide bonds. The van der Waals surface area contributed by atoms with Crippen molar-refractivity contribution in [2.24, 2.45) is 11.8 Å². The van der Waals surface area contributed by atoms with Crippen molar-refractivity contribution in [2.75, 3.05) is 11.9 Å². The number of carbonyl (C=O) groups is 3. The van der Waals surface area contributed by atoms with Crippen LogP contribution >= 0.6 is 11.6 Å². The van der Waals surface area contributed by atoms with Crippen molar-refractivity contribution in [1.82, 2.24) is 5.32 Å². The molecule has 1 aromatic carbocycles. The molecule has 1 aliphatic rings. The highest BCUT2D eigenvalue weighted by molar-refractivity contribution is 6.31. The van der Waals surface area contributed by atoms with E-state index in [9.17, 15) is 14.4 Å². The molecule has 0 heterocycles. The average Bonchev–Trinajstić information content (AvgIpc) is 3.02. The smallest absolute Gasteiger partial charge is 0.306 e. The van der Waals surface area contributed by atoms with Gasteiger partial charge in [0.1, 0.15) is 0 Å². The summed E-state index contributed by atoms with van der Waals surface area (Å²) in [5, 5.41) is 15.0. The van der Waals surface area contributed by atoms with E-state index < -0.39 is 11.9 Å². The Morgan fingerprint density at radius 2 is 1.96 bits per heavy atom. The van der Waals surface area contributed by atoms with Gasteiger partial charge in [0.2, 0.25) is 11.8 Å². The van der Waals surface area contributed by atoms with Crippen LogP contribution in [0.2, 0.25) is 5.02 Å². The minimum Gasteiger partial charge on any atom is -0.481 e. The molecule has 24 heavy (non-hydrogen) atoms. The zero-order valence-corrected chi connectivity index (χ0v) is 14.2. The average molecular weight is 353 g/mol. The second kappa shape index (κ2) is 8.15. The zero-order valence-electron chi connectivity index (χ0n) is 13.5. The van der Waals surface area contributed by atoms with Crippen molar-refractivity contribution >= 4 is 35.1 Å². The Bertz CT molecular complexity index is 647. The first-order valence-corrected chi connectivity index (χ1v) is 8.31. The Hall–Kier alpha value is -2.08. The molecular formula is C17H21ClN2O4. The van der Waals surface area contributed by atoms with Gasteiger partial charge in [-0.25, -0.2) is 0 Å². The Labute approximate surface area is 145 Å². The van der Waals surface area contributed by atoms with Crippen LogP contribution in [0.25, 0.3) is 0 Å². The summed E-state index contributed by atoms with van der Waals surface area (Å²) >= 11 is 6.00. The normalized spacial score (nSPS) is 19.8. The van der Waals surface area contributed by atoms with Gasteiger partial charge in [0.05, 0.1) is 5.92 Å². The summed E-state index contributed by atoms with van der Waals surface area (Å²) in [4.78, 5) is 34.8. The number of aliphatic carboxylic acids is 1. The zero-order chi connectivity index (χ0) is 17.7. The first-order chi connectivity index (χ1) is 11.4. The lowest BCUT2D eigenvalue weighted by atomic mass is 10.0. The van der Waals surface area contributed by atoms with E-state index in [1.165, 1.54) is 0 Å². The highest BCUT2D eigenvalue weighted by atomic mass is 35.5. The highest BCUT2D eigenvalue weighted by Crippen LogP contribution is 2.31. The Morgan fingerprint density at radius 1 is 1.25 bits per heavy atom. The lowest BCUT2D eigenvalue weighted by molar-refractivity contribution is -0.141. The first-order valence-electron chi connectivity index (χ1n) is 7.94. The van der Waals surface area contributed by atoms with Gasteiger partial charge in [-0.3, -0.25) is 14.4 Å².